The maximum Gasteiger partial charge on any atom is 0.338 e. The zero-order valence-corrected chi connectivity index (χ0v) is 13.2. The number of rotatable bonds is 6. The fourth-order valence-electron chi connectivity index (χ4n) is 2.17. The van der Waals surface area contributed by atoms with Gasteiger partial charge in [-0.25, -0.2) is 4.79 Å². The first kappa shape index (κ1) is 16.7. The molecule has 1 amide bonds. The minimum absolute atomic E-state index is 0.207. The molecule has 0 fully saturated rings. The molecule has 0 radical (unpaired) electrons. The Morgan fingerprint density at radius 1 is 1.04 bits per heavy atom. The summed E-state index contributed by atoms with van der Waals surface area (Å²) in [7, 11) is 1.42. The lowest BCUT2D eigenvalue weighted by Crippen LogP contribution is -2.31. The van der Waals surface area contributed by atoms with Crippen LogP contribution in [0, 0.1) is 0 Å². The number of anilines is 1. The van der Waals surface area contributed by atoms with Gasteiger partial charge in [0.05, 0.1) is 31.4 Å². The third-order valence-electron chi connectivity index (χ3n) is 3.20. The lowest BCUT2D eigenvalue weighted by Gasteiger charge is -2.20. The third-order valence-corrected chi connectivity index (χ3v) is 3.20. The molecular formula is C18H19NO4. The topological polar surface area (TPSA) is 55.8 Å². The molecule has 0 atom stereocenters. The highest BCUT2D eigenvalue weighted by Crippen LogP contribution is 2.18. The maximum atomic E-state index is 12.4. The first-order valence-corrected chi connectivity index (χ1v) is 7.34. The predicted molar refractivity (Wildman–Crippen MR) is 87.0 cm³/mol. The van der Waals surface area contributed by atoms with Crippen molar-refractivity contribution in [3.63, 3.8) is 0 Å². The molecule has 120 valence electrons. The number of hydroxylamine groups is 1. The molecule has 0 aromatic heterocycles. The molecule has 0 aliphatic rings. The first-order chi connectivity index (χ1) is 11.2. The number of benzene rings is 2. The summed E-state index contributed by atoms with van der Waals surface area (Å²) >= 11 is 0. The summed E-state index contributed by atoms with van der Waals surface area (Å²) in [6.45, 7) is 2.04. The standard InChI is InChI=1S/C18H19NO4/c1-3-23-18(21)15-10-7-11-16(13-15)19(22-2)17(20)12-14-8-5-4-6-9-14/h4-11,13H,3,12H2,1-2H3. The average Bonchev–Trinajstić information content (AvgIpc) is 2.57. The Hall–Kier alpha value is -2.66. The van der Waals surface area contributed by atoms with E-state index in [1.165, 1.54) is 12.2 Å². The van der Waals surface area contributed by atoms with Crippen LogP contribution in [0.5, 0.6) is 0 Å². The Kier molecular flexibility index (Phi) is 5.88. The zero-order chi connectivity index (χ0) is 16.7. The van der Waals surface area contributed by atoms with Gasteiger partial charge in [0.2, 0.25) is 0 Å². The van der Waals surface area contributed by atoms with E-state index >= 15 is 0 Å². The van der Waals surface area contributed by atoms with Gasteiger partial charge in [-0.05, 0) is 30.7 Å². The van der Waals surface area contributed by atoms with Crippen LogP contribution in [0.3, 0.4) is 0 Å². The van der Waals surface area contributed by atoms with E-state index in [2.05, 4.69) is 0 Å². The Balaban J connectivity index is 2.18. The summed E-state index contributed by atoms with van der Waals surface area (Å²) in [5.74, 6) is -0.652. The van der Waals surface area contributed by atoms with E-state index in [0.29, 0.717) is 17.9 Å². The van der Waals surface area contributed by atoms with Gasteiger partial charge < -0.3 is 4.74 Å². The first-order valence-electron chi connectivity index (χ1n) is 7.34. The summed E-state index contributed by atoms with van der Waals surface area (Å²) in [6, 6.07) is 16.0. The van der Waals surface area contributed by atoms with Crippen molar-refractivity contribution in [1.82, 2.24) is 0 Å². The van der Waals surface area contributed by atoms with Crippen molar-refractivity contribution in [2.24, 2.45) is 0 Å². The summed E-state index contributed by atoms with van der Waals surface area (Å²) in [5, 5.41) is 1.18. The molecular weight excluding hydrogens is 294 g/mol. The van der Waals surface area contributed by atoms with Crippen molar-refractivity contribution in [3.05, 3.63) is 65.7 Å². The number of esters is 1. The van der Waals surface area contributed by atoms with Crippen molar-refractivity contribution < 1.29 is 19.2 Å². The maximum absolute atomic E-state index is 12.4. The van der Waals surface area contributed by atoms with Crippen molar-refractivity contribution in [3.8, 4) is 0 Å². The van der Waals surface area contributed by atoms with Gasteiger partial charge in [-0.3, -0.25) is 9.63 Å². The van der Waals surface area contributed by atoms with Crippen LogP contribution in [0.15, 0.2) is 54.6 Å². The van der Waals surface area contributed by atoms with Gasteiger partial charge in [0.15, 0.2) is 0 Å². The molecule has 5 heteroatoms. The number of carbonyl (C=O) groups excluding carboxylic acids is 2. The Labute approximate surface area is 135 Å². The molecule has 0 heterocycles. The van der Waals surface area contributed by atoms with E-state index < -0.39 is 5.97 Å². The van der Waals surface area contributed by atoms with Gasteiger partial charge in [-0.1, -0.05) is 36.4 Å². The largest absolute Gasteiger partial charge is 0.462 e. The van der Waals surface area contributed by atoms with Gasteiger partial charge in [0, 0.05) is 0 Å². The monoisotopic (exact) mass is 313 g/mol. The number of nitrogens with zero attached hydrogens (tertiary/aromatic N) is 1. The Morgan fingerprint density at radius 3 is 2.43 bits per heavy atom. The summed E-state index contributed by atoms with van der Waals surface area (Å²) in [4.78, 5) is 29.4. The molecule has 0 N–H and O–H groups in total. The van der Waals surface area contributed by atoms with Crippen LogP contribution in [-0.2, 0) is 20.8 Å². The highest BCUT2D eigenvalue weighted by Gasteiger charge is 2.18. The van der Waals surface area contributed by atoms with Crippen molar-refractivity contribution >= 4 is 17.6 Å². The highest BCUT2D eigenvalue weighted by molar-refractivity contribution is 5.95. The third kappa shape index (κ3) is 4.40. The second-order valence-electron chi connectivity index (χ2n) is 4.80. The number of hydrogen-bond donors (Lipinski definition) is 0. The second-order valence-corrected chi connectivity index (χ2v) is 4.80. The fourth-order valence-corrected chi connectivity index (χ4v) is 2.17. The van der Waals surface area contributed by atoms with Crippen molar-refractivity contribution in [1.29, 1.82) is 0 Å². The van der Waals surface area contributed by atoms with E-state index in [1.54, 1.807) is 31.2 Å². The van der Waals surface area contributed by atoms with Crippen molar-refractivity contribution in [2.45, 2.75) is 13.3 Å². The quantitative estimate of drug-likeness (QED) is 0.607. The lowest BCUT2D eigenvalue weighted by molar-refractivity contribution is -0.124. The van der Waals surface area contributed by atoms with E-state index in [-0.39, 0.29) is 12.3 Å². The number of hydrogen-bond acceptors (Lipinski definition) is 4. The van der Waals surface area contributed by atoms with E-state index in [1.807, 2.05) is 30.3 Å². The molecule has 0 aliphatic carbocycles. The summed E-state index contributed by atoms with van der Waals surface area (Å²) in [5.41, 5.74) is 1.75. The minimum atomic E-state index is -0.430. The molecule has 0 saturated heterocycles. The number of amides is 1. The van der Waals surface area contributed by atoms with Crippen LogP contribution in [0.2, 0.25) is 0 Å². The van der Waals surface area contributed by atoms with Crippen LogP contribution < -0.4 is 5.06 Å². The van der Waals surface area contributed by atoms with Gasteiger partial charge >= 0.3 is 5.97 Å². The van der Waals surface area contributed by atoms with E-state index in [9.17, 15) is 9.59 Å². The molecule has 0 saturated carbocycles. The SMILES string of the molecule is CCOC(=O)c1cccc(N(OC)C(=O)Cc2ccccc2)c1. The van der Waals surface area contributed by atoms with E-state index in [0.717, 1.165) is 5.56 Å². The smallest absolute Gasteiger partial charge is 0.338 e. The highest BCUT2D eigenvalue weighted by atomic mass is 16.7. The van der Waals surface area contributed by atoms with Crippen molar-refractivity contribution in [2.75, 3.05) is 18.8 Å². The zero-order valence-electron chi connectivity index (χ0n) is 13.2. The molecule has 2 rings (SSSR count). The minimum Gasteiger partial charge on any atom is -0.462 e. The summed E-state index contributed by atoms with van der Waals surface area (Å²) in [6.07, 6.45) is 0.207. The van der Waals surface area contributed by atoms with Gasteiger partial charge in [0.1, 0.15) is 0 Å². The van der Waals surface area contributed by atoms with Crippen LogP contribution in [0.4, 0.5) is 5.69 Å². The molecule has 0 bridgehead atoms. The van der Waals surface area contributed by atoms with Crippen LogP contribution in [-0.4, -0.2) is 25.6 Å². The molecule has 2 aromatic rings. The molecule has 5 nitrogen and oxygen atoms in total. The van der Waals surface area contributed by atoms with Gasteiger partial charge in [-0.15, -0.1) is 0 Å². The Bertz CT molecular complexity index is 670. The fraction of sp³-hybridized carbons (Fsp3) is 0.222. The number of carbonyl (C=O) groups is 2. The molecule has 0 aliphatic heterocycles. The average molecular weight is 313 g/mol. The van der Waals surface area contributed by atoms with Gasteiger partial charge in [0.25, 0.3) is 5.91 Å². The molecule has 0 unspecified atom stereocenters. The van der Waals surface area contributed by atoms with Crippen LogP contribution >= 0.6 is 0 Å². The normalized spacial score (nSPS) is 10.2. The molecule has 23 heavy (non-hydrogen) atoms. The number of ether oxygens (including phenoxy) is 1. The predicted octanol–water partition coefficient (Wildman–Crippen LogP) is 3.00. The summed E-state index contributed by atoms with van der Waals surface area (Å²) < 4.78 is 4.97. The van der Waals surface area contributed by atoms with Crippen LogP contribution in [0.1, 0.15) is 22.8 Å². The lowest BCUT2D eigenvalue weighted by atomic mass is 10.1. The van der Waals surface area contributed by atoms with Gasteiger partial charge in [-0.2, -0.15) is 5.06 Å². The van der Waals surface area contributed by atoms with E-state index in [4.69, 9.17) is 9.57 Å². The molecule has 2 aromatic carbocycles. The second kappa shape index (κ2) is 8.10. The van der Waals surface area contributed by atoms with Crippen LogP contribution in [0.25, 0.3) is 0 Å². The Morgan fingerprint density at radius 2 is 1.78 bits per heavy atom. The molecule has 0 spiro atoms.